The van der Waals surface area contributed by atoms with Crippen LogP contribution < -0.4 is 4.74 Å². The van der Waals surface area contributed by atoms with Gasteiger partial charge in [-0.2, -0.15) is 0 Å². The van der Waals surface area contributed by atoms with Gasteiger partial charge in [-0.25, -0.2) is 0 Å². The molecule has 0 N–H and O–H groups in total. The molecule has 2 aromatic rings. The highest BCUT2D eigenvalue weighted by Crippen LogP contribution is 2.25. The Labute approximate surface area is 149 Å². The third-order valence-corrected chi connectivity index (χ3v) is 4.63. The lowest BCUT2D eigenvalue weighted by Crippen LogP contribution is -2.33. The number of rotatable bonds is 6. The van der Waals surface area contributed by atoms with Crippen molar-refractivity contribution in [3.05, 3.63) is 40.0 Å². The van der Waals surface area contributed by atoms with Gasteiger partial charge in [0.2, 0.25) is 5.91 Å². The minimum Gasteiger partial charge on any atom is -0.496 e. The van der Waals surface area contributed by atoms with Crippen molar-refractivity contribution in [3.8, 4) is 5.75 Å². The maximum absolute atomic E-state index is 12.7. The van der Waals surface area contributed by atoms with Crippen LogP contribution in [0.15, 0.2) is 10.7 Å². The van der Waals surface area contributed by atoms with E-state index < -0.39 is 0 Å². The van der Waals surface area contributed by atoms with Crippen LogP contribution >= 0.6 is 0 Å². The summed E-state index contributed by atoms with van der Waals surface area (Å²) in [6.45, 7) is 10.1. The van der Waals surface area contributed by atoms with Gasteiger partial charge in [-0.15, -0.1) is 0 Å². The van der Waals surface area contributed by atoms with Crippen LogP contribution in [0.25, 0.3) is 0 Å². The van der Waals surface area contributed by atoms with Gasteiger partial charge >= 0.3 is 0 Å². The van der Waals surface area contributed by atoms with Crippen LogP contribution in [0.3, 0.4) is 0 Å². The quantitative estimate of drug-likeness (QED) is 0.804. The number of aryl methyl sites for hydroxylation is 3. The standard InChI is InChI=1S/C19H27N3O3/c1-11(8-16-14(4)21-25-15(16)5)19(23)22(6)10-17-13(3)18(24-7)12(2)9-20-17/h9,11H,8,10H2,1-7H3/t11-/m0/s1. The number of hydrogen-bond acceptors (Lipinski definition) is 5. The largest absolute Gasteiger partial charge is 0.496 e. The predicted octanol–water partition coefficient (Wildman–Crippen LogP) is 3.15. The smallest absolute Gasteiger partial charge is 0.225 e. The molecule has 0 aliphatic carbocycles. The van der Waals surface area contributed by atoms with E-state index in [0.29, 0.717) is 13.0 Å². The number of hydrogen-bond donors (Lipinski definition) is 0. The number of methoxy groups -OCH3 is 1. The van der Waals surface area contributed by atoms with Crippen LogP contribution in [0.4, 0.5) is 0 Å². The number of carbonyl (C=O) groups excluding carboxylic acids is 1. The monoisotopic (exact) mass is 345 g/mol. The molecule has 0 aliphatic heterocycles. The molecule has 0 spiro atoms. The number of amides is 1. The van der Waals surface area contributed by atoms with Crippen LogP contribution in [0, 0.1) is 33.6 Å². The van der Waals surface area contributed by atoms with E-state index in [2.05, 4.69) is 10.1 Å². The second kappa shape index (κ2) is 7.68. The number of nitrogens with zero attached hydrogens (tertiary/aromatic N) is 3. The summed E-state index contributed by atoms with van der Waals surface area (Å²) >= 11 is 0. The van der Waals surface area contributed by atoms with Crippen molar-refractivity contribution in [2.75, 3.05) is 14.2 Å². The second-order valence-electron chi connectivity index (χ2n) is 6.65. The number of ether oxygens (including phenoxy) is 1. The Hall–Kier alpha value is -2.37. The minimum absolute atomic E-state index is 0.0701. The van der Waals surface area contributed by atoms with Gasteiger partial charge in [-0.05, 0) is 34.1 Å². The van der Waals surface area contributed by atoms with Gasteiger partial charge in [0.15, 0.2) is 0 Å². The molecule has 25 heavy (non-hydrogen) atoms. The van der Waals surface area contributed by atoms with Gasteiger partial charge < -0.3 is 14.2 Å². The molecule has 2 aromatic heterocycles. The summed E-state index contributed by atoms with van der Waals surface area (Å²) in [4.78, 5) is 18.9. The molecule has 1 amide bonds. The average Bonchev–Trinajstić information content (AvgIpc) is 2.89. The Morgan fingerprint density at radius 1 is 1.32 bits per heavy atom. The first-order chi connectivity index (χ1) is 11.8. The van der Waals surface area contributed by atoms with Crippen molar-refractivity contribution >= 4 is 5.91 Å². The van der Waals surface area contributed by atoms with Crippen LogP contribution in [-0.4, -0.2) is 35.1 Å². The summed E-state index contributed by atoms with van der Waals surface area (Å²) in [5, 5.41) is 3.96. The summed E-state index contributed by atoms with van der Waals surface area (Å²) in [7, 11) is 3.46. The molecule has 0 aliphatic rings. The van der Waals surface area contributed by atoms with Gasteiger partial charge in [0, 0.05) is 35.9 Å². The van der Waals surface area contributed by atoms with E-state index >= 15 is 0 Å². The van der Waals surface area contributed by atoms with E-state index in [4.69, 9.17) is 9.26 Å². The van der Waals surface area contributed by atoms with Crippen molar-refractivity contribution in [2.45, 2.75) is 47.6 Å². The Kier molecular flexibility index (Phi) is 5.82. The summed E-state index contributed by atoms with van der Waals surface area (Å²) < 4.78 is 10.6. The van der Waals surface area contributed by atoms with Crippen molar-refractivity contribution in [1.82, 2.24) is 15.0 Å². The molecule has 0 saturated heterocycles. The van der Waals surface area contributed by atoms with Crippen molar-refractivity contribution in [1.29, 1.82) is 0 Å². The van der Waals surface area contributed by atoms with E-state index in [0.717, 1.165) is 39.6 Å². The zero-order chi connectivity index (χ0) is 18.7. The van der Waals surface area contributed by atoms with Gasteiger partial charge in [0.1, 0.15) is 11.5 Å². The predicted molar refractivity (Wildman–Crippen MR) is 95.6 cm³/mol. The van der Waals surface area contributed by atoms with Crippen LogP contribution in [0.1, 0.15) is 40.8 Å². The summed E-state index contributed by atoms with van der Waals surface area (Å²) in [5.74, 6) is 1.52. The zero-order valence-corrected chi connectivity index (χ0v) is 16.1. The minimum atomic E-state index is -0.158. The third-order valence-electron chi connectivity index (χ3n) is 4.63. The van der Waals surface area contributed by atoms with Crippen LogP contribution in [0.2, 0.25) is 0 Å². The van der Waals surface area contributed by atoms with Crippen LogP contribution in [-0.2, 0) is 17.8 Å². The van der Waals surface area contributed by atoms with Crippen molar-refractivity contribution in [2.24, 2.45) is 5.92 Å². The first-order valence-electron chi connectivity index (χ1n) is 8.42. The summed E-state index contributed by atoms with van der Waals surface area (Å²) in [6.07, 6.45) is 2.40. The average molecular weight is 345 g/mol. The van der Waals surface area contributed by atoms with Crippen LogP contribution in [0.5, 0.6) is 5.75 Å². The fraction of sp³-hybridized carbons (Fsp3) is 0.526. The molecule has 6 heteroatoms. The Morgan fingerprint density at radius 2 is 2.00 bits per heavy atom. The topological polar surface area (TPSA) is 68.5 Å². The van der Waals surface area contributed by atoms with Crippen molar-refractivity contribution in [3.63, 3.8) is 0 Å². The van der Waals surface area contributed by atoms with E-state index in [1.165, 1.54) is 0 Å². The summed E-state index contributed by atoms with van der Waals surface area (Å²) in [6, 6.07) is 0. The second-order valence-corrected chi connectivity index (χ2v) is 6.65. The number of pyridine rings is 1. The Morgan fingerprint density at radius 3 is 2.56 bits per heavy atom. The molecule has 0 saturated carbocycles. The molecule has 2 rings (SSSR count). The molecule has 0 bridgehead atoms. The lowest BCUT2D eigenvalue weighted by Gasteiger charge is -2.22. The van der Waals surface area contributed by atoms with Gasteiger partial charge in [-0.1, -0.05) is 12.1 Å². The highest BCUT2D eigenvalue weighted by atomic mass is 16.5. The van der Waals surface area contributed by atoms with Gasteiger partial charge in [0.25, 0.3) is 0 Å². The number of carbonyl (C=O) groups is 1. The fourth-order valence-corrected chi connectivity index (χ4v) is 3.10. The third kappa shape index (κ3) is 4.00. The molecule has 0 unspecified atom stereocenters. The SMILES string of the molecule is COc1c(C)cnc(CN(C)C(=O)[C@@H](C)Cc2c(C)noc2C)c1C. The van der Waals surface area contributed by atoms with E-state index in [-0.39, 0.29) is 11.8 Å². The van der Waals surface area contributed by atoms with E-state index in [9.17, 15) is 4.79 Å². The molecular weight excluding hydrogens is 318 g/mol. The molecular formula is C19H27N3O3. The van der Waals surface area contributed by atoms with Gasteiger partial charge in [0.05, 0.1) is 25.0 Å². The molecule has 0 radical (unpaired) electrons. The normalized spacial score (nSPS) is 12.1. The number of aromatic nitrogens is 2. The Bertz CT molecular complexity index is 748. The molecule has 0 fully saturated rings. The highest BCUT2D eigenvalue weighted by Gasteiger charge is 2.22. The molecule has 1 atom stereocenters. The maximum Gasteiger partial charge on any atom is 0.225 e. The van der Waals surface area contributed by atoms with Gasteiger partial charge in [-0.3, -0.25) is 9.78 Å². The van der Waals surface area contributed by atoms with E-state index in [1.54, 1.807) is 25.3 Å². The Balaban J connectivity index is 2.10. The zero-order valence-electron chi connectivity index (χ0n) is 16.1. The summed E-state index contributed by atoms with van der Waals surface area (Å²) in [5.41, 5.74) is 4.68. The highest BCUT2D eigenvalue weighted by molar-refractivity contribution is 5.78. The molecule has 2 heterocycles. The molecule has 6 nitrogen and oxygen atoms in total. The van der Waals surface area contributed by atoms with E-state index in [1.807, 2.05) is 34.6 Å². The first-order valence-corrected chi connectivity index (χ1v) is 8.42. The molecule has 136 valence electrons. The lowest BCUT2D eigenvalue weighted by atomic mass is 9.98. The molecule has 0 aromatic carbocycles. The maximum atomic E-state index is 12.7. The fourth-order valence-electron chi connectivity index (χ4n) is 3.10. The first kappa shape index (κ1) is 19.0. The van der Waals surface area contributed by atoms with Crippen molar-refractivity contribution < 1.29 is 14.1 Å². The lowest BCUT2D eigenvalue weighted by molar-refractivity contribution is -0.134.